The third-order valence-electron chi connectivity index (χ3n) is 3.43. The van der Waals surface area contributed by atoms with Crippen molar-refractivity contribution in [2.24, 2.45) is 0 Å². The van der Waals surface area contributed by atoms with Gasteiger partial charge in [-0.15, -0.1) is 0 Å². The summed E-state index contributed by atoms with van der Waals surface area (Å²) in [7, 11) is 1.70. The Morgan fingerprint density at radius 2 is 1.89 bits per heavy atom. The Kier molecular flexibility index (Phi) is 5.31. The van der Waals surface area contributed by atoms with E-state index in [0.29, 0.717) is 0 Å². The second-order valence-corrected chi connectivity index (χ2v) is 5.30. The van der Waals surface area contributed by atoms with Crippen LogP contribution in [-0.4, -0.2) is 35.1 Å². The molecule has 19 heavy (non-hydrogen) atoms. The lowest BCUT2D eigenvalue weighted by Gasteiger charge is -2.33. The van der Waals surface area contributed by atoms with Gasteiger partial charge in [0.2, 0.25) is 5.91 Å². The highest BCUT2D eigenvalue weighted by Gasteiger charge is 2.25. The largest absolute Gasteiger partial charge is 0.394 e. The van der Waals surface area contributed by atoms with Gasteiger partial charge in [0, 0.05) is 13.1 Å². The van der Waals surface area contributed by atoms with Crippen LogP contribution in [0.1, 0.15) is 31.9 Å². The molecule has 1 N–H and O–H groups in total. The van der Waals surface area contributed by atoms with Crippen molar-refractivity contribution in [2.45, 2.75) is 32.7 Å². The van der Waals surface area contributed by atoms with Crippen molar-refractivity contribution >= 4 is 12.0 Å². The summed E-state index contributed by atoms with van der Waals surface area (Å²) in [6, 6.07) is 8.12. The van der Waals surface area contributed by atoms with Crippen LogP contribution in [0.2, 0.25) is 0 Å². The highest BCUT2D eigenvalue weighted by molar-refractivity contribution is 5.92. The molecule has 104 valence electrons. The normalized spacial score (nSPS) is 11.8. The van der Waals surface area contributed by atoms with Crippen molar-refractivity contribution in [3.05, 3.63) is 41.5 Å². The molecule has 0 atom stereocenters. The van der Waals surface area contributed by atoms with Gasteiger partial charge in [-0.2, -0.15) is 0 Å². The van der Waals surface area contributed by atoms with Crippen LogP contribution in [0.15, 0.2) is 30.3 Å². The van der Waals surface area contributed by atoms with Crippen LogP contribution < -0.4 is 0 Å². The zero-order valence-electron chi connectivity index (χ0n) is 12.2. The van der Waals surface area contributed by atoms with E-state index in [1.165, 1.54) is 5.56 Å². The molecule has 0 unspecified atom stereocenters. The predicted octanol–water partition coefficient (Wildman–Crippen LogP) is 2.49. The molecular formula is C16H23NO2. The summed E-state index contributed by atoms with van der Waals surface area (Å²) in [6.45, 7) is 5.71. The van der Waals surface area contributed by atoms with Gasteiger partial charge in [0.15, 0.2) is 0 Å². The molecule has 0 bridgehead atoms. The number of amides is 1. The minimum absolute atomic E-state index is 0.0612. The van der Waals surface area contributed by atoms with Crippen molar-refractivity contribution in [3.8, 4) is 0 Å². The van der Waals surface area contributed by atoms with Crippen molar-refractivity contribution < 1.29 is 9.90 Å². The molecule has 0 heterocycles. The number of aliphatic hydroxyl groups excluding tert-OH is 1. The predicted molar refractivity (Wildman–Crippen MR) is 78.8 cm³/mol. The molecule has 0 aliphatic heterocycles. The lowest BCUT2D eigenvalue weighted by molar-refractivity contribution is -0.130. The molecular weight excluding hydrogens is 238 g/mol. The van der Waals surface area contributed by atoms with Gasteiger partial charge >= 0.3 is 0 Å². The Labute approximate surface area is 115 Å². The summed E-state index contributed by atoms with van der Waals surface area (Å²) >= 11 is 0. The molecule has 0 aliphatic carbocycles. The maximum Gasteiger partial charge on any atom is 0.246 e. The topological polar surface area (TPSA) is 40.5 Å². The number of benzene rings is 1. The molecule has 1 aromatic carbocycles. The van der Waals surface area contributed by atoms with E-state index in [2.05, 4.69) is 19.1 Å². The first-order chi connectivity index (χ1) is 8.90. The van der Waals surface area contributed by atoms with E-state index in [1.807, 2.05) is 26.0 Å². The van der Waals surface area contributed by atoms with Gasteiger partial charge in [0.25, 0.3) is 0 Å². The third-order valence-corrected chi connectivity index (χ3v) is 3.43. The zero-order valence-corrected chi connectivity index (χ0v) is 12.2. The van der Waals surface area contributed by atoms with Crippen LogP contribution in [0.4, 0.5) is 0 Å². The Morgan fingerprint density at radius 1 is 1.32 bits per heavy atom. The number of aryl methyl sites for hydroxylation is 1. The smallest absolute Gasteiger partial charge is 0.246 e. The Bertz CT molecular complexity index is 446. The summed E-state index contributed by atoms with van der Waals surface area (Å²) in [5, 5.41) is 9.24. The first-order valence-electron chi connectivity index (χ1n) is 6.56. The number of aliphatic hydroxyl groups is 1. The fraction of sp³-hybridized carbons (Fsp3) is 0.438. The summed E-state index contributed by atoms with van der Waals surface area (Å²) in [5.74, 6) is -0.112. The lowest BCUT2D eigenvalue weighted by Crippen LogP contribution is -2.47. The van der Waals surface area contributed by atoms with Gasteiger partial charge < -0.3 is 10.0 Å². The van der Waals surface area contributed by atoms with Crippen LogP contribution in [0.5, 0.6) is 0 Å². The van der Waals surface area contributed by atoms with Gasteiger partial charge in [-0.05, 0) is 37.5 Å². The average Bonchev–Trinajstić information content (AvgIpc) is 2.44. The van der Waals surface area contributed by atoms with Gasteiger partial charge in [-0.25, -0.2) is 0 Å². The highest BCUT2D eigenvalue weighted by Crippen LogP contribution is 2.12. The van der Waals surface area contributed by atoms with E-state index < -0.39 is 5.54 Å². The van der Waals surface area contributed by atoms with Crippen LogP contribution in [0.3, 0.4) is 0 Å². The lowest BCUT2D eigenvalue weighted by atomic mass is 10.0. The maximum atomic E-state index is 12.0. The van der Waals surface area contributed by atoms with E-state index in [1.54, 1.807) is 24.1 Å². The van der Waals surface area contributed by atoms with Gasteiger partial charge in [-0.3, -0.25) is 4.79 Å². The summed E-state index contributed by atoms with van der Waals surface area (Å²) in [6.07, 6.45) is 4.35. The molecule has 0 radical (unpaired) electrons. The van der Waals surface area contributed by atoms with Crippen molar-refractivity contribution in [1.29, 1.82) is 0 Å². The van der Waals surface area contributed by atoms with Gasteiger partial charge in [0.05, 0.1) is 12.1 Å². The number of nitrogens with zero attached hydrogens (tertiary/aromatic N) is 1. The number of hydrogen-bond acceptors (Lipinski definition) is 2. The molecule has 0 spiro atoms. The fourth-order valence-corrected chi connectivity index (χ4v) is 1.55. The minimum atomic E-state index is -0.548. The second-order valence-electron chi connectivity index (χ2n) is 5.30. The Hall–Kier alpha value is -1.61. The van der Waals surface area contributed by atoms with Crippen LogP contribution in [-0.2, 0) is 11.2 Å². The van der Waals surface area contributed by atoms with Crippen LogP contribution >= 0.6 is 0 Å². The molecule has 0 saturated carbocycles. The first kappa shape index (κ1) is 15.4. The molecule has 0 saturated heterocycles. The molecule has 1 aromatic rings. The number of hydrogen-bond donors (Lipinski definition) is 1. The van der Waals surface area contributed by atoms with E-state index in [4.69, 9.17) is 0 Å². The number of likely N-dealkylation sites (N-methyl/N-ethyl adjacent to an activating group) is 1. The highest BCUT2D eigenvalue weighted by atomic mass is 16.3. The first-order valence-corrected chi connectivity index (χ1v) is 6.56. The van der Waals surface area contributed by atoms with Crippen molar-refractivity contribution in [2.75, 3.05) is 13.7 Å². The number of rotatable bonds is 5. The van der Waals surface area contributed by atoms with Gasteiger partial charge in [0.1, 0.15) is 0 Å². The summed E-state index contributed by atoms with van der Waals surface area (Å²) in [4.78, 5) is 13.5. The van der Waals surface area contributed by atoms with Crippen LogP contribution in [0, 0.1) is 0 Å². The molecule has 1 rings (SSSR count). The quantitative estimate of drug-likeness (QED) is 0.827. The maximum absolute atomic E-state index is 12.0. The number of carbonyl (C=O) groups is 1. The molecule has 3 heteroatoms. The van der Waals surface area contributed by atoms with E-state index in [9.17, 15) is 9.90 Å². The molecule has 3 nitrogen and oxygen atoms in total. The van der Waals surface area contributed by atoms with E-state index >= 15 is 0 Å². The SMILES string of the molecule is CCc1ccc(/C=C/C(=O)N(C)C(C)(C)CO)cc1. The van der Waals surface area contributed by atoms with Crippen molar-refractivity contribution in [1.82, 2.24) is 4.90 Å². The summed E-state index contributed by atoms with van der Waals surface area (Å²) < 4.78 is 0. The van der Waals surface area contributed by atoms with Crippen LogP contribution in [0.25, 0.3) is 6.08 Å². The molecule has 1 amide bonds. The van der Waals surface area contributed by atoms with Gasteiger partial charge in [-0.1, -0.05) is 31.2 Å². The zero-order chi connectivity index (χ0) is 14.5. The monoisotopic (exact) mass is 261 g/mol. The Morgan fingerprint density at radius 3 is 2.37 bits per heavy atom. The average molecular weight is 261 g/mol. The third kappa shape index (κ3) is 4.21. The molecule has 0 aliphatic rings. The fourth-order valence-electron chi connectivity index (χ4n) is 1.55. The van der Waals surface area contributed by atoms with Crippen molar-refractivity contribution in [3.63, 3.8) is 0 Å². The standard InChI is InChI=1S/C16H23NO2/c1-5-13-6-8-14(9-7-13)10-11-15(19)17(4)16(2,3)12-18/h6-11,18H,5,12H2,1-4H3/b11-10+. The Balaban J connectivity index is 2.72. The minimum Gasteiger partial charge on any atom is -0.394 e. The van der Waals surface area contributed by atoms with E-state index in [0.717, 1.165) is 12.0 Å². The summed E-state index contributed by atoms with van der Waals surface area (Å²) in [5.41, 5.74) is 1.73. The van der Waals surface area contributed by atoms with E-state index in [-0.39, 0.29) is 12.5 Å². The second kappa shape index (κ2) is 6.53. The molecule has 0 fully saturated rings. The number of carbonyl (C=O) groups excluding carboxylic acids is 1. The molecule has 0 aromatic heterocycles.